The summed E-state index contributed by atoms with van der Waals surface area (Å²) < 4.78 is 30.1. The second kappa shape index (κ2) is 12.7. The second-order valence-electron chi connectivity index (χ2n) is 12.3. The van der Waals surface area contributed by atoms with Crippen molar-refractivity contribution in [3.63, 3.8) is 0 Å². The van der Waals surface area contributed by atoms with Crippen LogP contribution >= 0.6 is 0 Å². The van der Waals surface area contributed by atoms with Gasteiger partial charge >= 0.3 is 6.61 Å². The highest BCUT2D eigenvalue weighted by Gasteiger charge is 2.41. The van der Waals surface area contributed by atoms with Gasteiger partial charge in [-0.1, -0.05) is 57.2 Å². The number of halogens is 2. The Morgan fingerprint density at radius 3 is 2.20 bits per heavy atom. The Bertz CT molecular complexity index is 1160. The zero-order valence-corrected chi connectivity index (χ0v) is 24.4. The van der Waals surface area contributed by atoms with Crippen LogP contribution in [0.1, 0.15) is 69.7 Å². The largest absolute Gasteiger partial charge is 0.435 e. The Morgan fingerprint density at radius 1 is 0.975 bits per heavy atom. The predicted molar refractivity (Wildman–Crippen MR) is 152 cm³/mol. The normalized spacial score (nSPS) is 20.1. The summed E-state index contributed by atoms with van der Waals surface area (Å²) in [4.78, 5) is 31.8. The average Bonchev–Trinajstić information content (AvgIpc) is 2.90. The SMILES string of the molecule is CC(=O)N1CCC(CC(=O)N2CCN(C(c3ccc(OC(F)F)cc3)c3ccccc3C)C[C@@H]2C(C)(C)C)CC1. The minimum atomic E-state index is -2.86. The lowest BCUT2D eigenvalue weighted by Crippen LogP contribution is -2.60. The van der Waals surface area contributed by atoms with Crippen LogP contribution < -0.4 is 4.74 Å². The Labute approximate surface area is 237 Å². The first-order chi connectivity index (χ1) is 18.9. The minimum Gasteiger partial charge on any atom is -0.435 e. The molecule has 0 radical (unpaired) electrons. The lowest BCUT2D eigenvalue weighted by Gasteiger charge is -2.50. The highest BCUT2D eigenvalue weighted by Crippen LogP contribution is 2.37. The van der Waals surface area contributed by atoms with E-state index in [0.29, 0.717) is 32.0 Å². The molecule has 2 aliphatic rings. The first-order valence-electron chi connectivity index (χ1n) is 14.3. The van der Waals surface area contributed by atoms with E-state index in [1.165, 1.54) is 0 Å². The van der Waals surface area contributed by atoms with Crippen LogP contribution in [0.4, 0.5) is 8.78 Å². The molecule has 0 aliphatic carbocycles. The third-order valence-corrected chi connectivity index (χ3v) is 8.52. The van der Waals surface area contributed by atoms with Crippen LogP contribution in [-0.2, 0) is 9.59 Å². The summed E-state index contributed by atoms with van der Waals surface area (Å²) in [6.45, 7) is 10.9. The van der Waals surface area contributed by atoms with Crippen LogP contribution in [0, 0.1) is 18.3 Å². The van der Waals surface area contributed by atoms with Gasteiger partial charge in [-0.2, -0.15) is 8.78 Å². The molecule has 0 spiro atoms. The van der Waals surface area contributed by atoms with Crippen molar-refractivity contribution in [2.24, 2.45) is 11.3 Å². The van der Waals surface area contributed by atoms with E-state index in [1.54, 1.807) is 19.1 Å². The first kappa shape index (κ1) is 30.0. The Kier molecular flexibility index (Phi) is 9.49. The summed E-state index contributed by atoms with van der Waals surface area (Å²) in [5.41, 5.74) is 3.18. The second-order valence-corrected chi connectivity index (χ2v) is 12.3. The molecule has 2 fully saturated rings. The fourth-order valence-electron chi connectivity index (χ4n) is 6.21. The average molecular weight is 556 g/mol. The lowest BCUT2D eigenvalue weighted by atomic mass is 9.82. The van der Waals surface area contributed by atoms with E-state index >= 15 is 0 Å². The number of carbonyl (C=O) groups excluding carboxylic acids is 2. The minimum absolute atomic E-state index is 0.0130. The van der Waals surface area contributed by atoms with Crippen LogP contribution in [0.2, 0.25) is 0 Å². The third kappa shape index (κ3) is 7.19. The Morgan fingerprint density at radius 2 is 1.62 bits per heavy atom. The zero-order chi connectivity index (χ0) is 29.0. The molecule has 2 aliphatic heterocycles. The number of ether oxygens (including phenoxy) is 1. The molecule has 4 rings (SSSR count). The van der Waals surface area contributed by atoms with Gasteiger partial charge in [0.25, 0.3) is 0 Å². The van der Waals surface area contributed by atoms with E-state index in [2.05, 4.69) is 54.4 Å². The number of rotatable bonds is 7. The van der Waals surface area contributed by atoms with Gasteiger partial charge in [0.05, 0.1) is 6.04 Å². The summed E-state index contributed by atoms with van der Waals surface area (Å²) in [6, 6.07) is 15.1. The predicted octanol–water partition coefficient (Wildman–Crippen LogP) is 5.89. The van der Waals surface area contributed by atoms with E-state index in [9.17, 15) is 18.4 Å². The van der Waals surface area contributed by atoms with Gasteiger partial charge < -0.3 is 14.5 Å². The topological polar surface area (TPSA) is 53.1 Å². The van der Waals surface area contributed by atoms with E-state index < -0.39 is 6.61 Å². The number of hydrogen-bond donors (Lipinski definition) is 0. The standard InChI is InChI=1S/C32H43F2N3O3/c1-22-8-6-7-9-27(22)30(25-10-12-26(13-11-25)40-31(33)34)36-18-19-37(28(21-36)32(3,4)5)29(39)20-24-14-16-35(17-15-24)23(2)38/h6-13,24,28,30-31H,14-21H2,1-5H3/t28-,30?/m1/s1. The molecule has 1 unspecified atom stereocenters. The number of benzene rings is 2. The van der Waals surface area contributed by atoms with Crippen LogP contribution in [0.3, 0.4) is 0 Å². The van der Waals surface area contributed by atoms with Gasteiger partial charge in [0.15, 0.2) is 0 Å². The summed E-state index contributed by atoms with van der Waals surface area (Å²) in [5, 5.41) is 0. The number of carbonyl (C=O) groups is 2. The number of alkyl halides is 2. The van der Waals surface area contributed by atoms with Crippen molar-refractivity contribution < 1.29 is 23.1 Å². The van der Waals surface area contributed by atoms with Crippen LogP contribution in [0.25, 0.3) is 0 Å². The number of nitrogens with zero attached hydrogens (tertiary/aromatic N) is 3. The van der Waals surface area contributed by atoms with Crippen LogP contribution in [0.5, 0.6) is 5.75 Å². The third-order valence-electron chi connectivity index (χ3n) is 8.52. The molecule has 2 aromatic rings. The summed E-state index contributed by atoms with van der Waals surface area (Å²) in [7, 11) is 0. The molecule has 2 aromatic carbocycles. The van der Waals surface area contributed by atoms with Crippen LogP contribution in [-0.4, -0.2) is 71.9 Å². The van der Waals surface area contributed by atoms with Crippen molar-refractivity contribution in [3.8, 4) is 5.75 Å². The Hall–Kier alpha value is -3.00. The molecule has 2 amide bonds. The monoisotopic (exact) mass is 555 g/mol. The van der Waals surface area contributed by atoms with Crippen molar-refractivity contribution in [2.75, 3.05) is 32.7 Å². The van der Waals surface area contributed by atoms with Crippen molar-refractivity contribution in [3.05, 3.63) is 65.2 Å². The van der Waals surface area contributed by atoms with Gasteiger partial charge in [-0.15, -0.1) is 0 Å². The van der Waals surface area contributed by atoms with Crippen LogP contribution in [0.15, 0.2) is 48.5 Å². The van der Waals surface area contributed by atoms with E-state index in [4.69, 9.17) is 0 Å². The van der Waals surface area contributed by atoms with Gasteiger partial charge in [-0.3, -0.25) is 14.5 Å². The quantitative estimate of drug-likeness (QED) is 0.427. The molecule has 8 heteroatoms. The highest BCUT2D eigenvalue weighted by molar-refractivity contribution is 5.77. The van der Waals surface area contributed by atoms with Crippen molar-refractivity contribution in [1.29, 1.82) is 0 Å². The number of likely N-dealkylation sites (tertiary alicyclic amines) is 1. The van der Waals surface area contributed by atoms with Gasteiger partial charge in [0.2, 0.25) is 11.8 Å². The molecule has 2 heterocycles. The van der Waals surface area contributed by atoms with Gasteiger partial charge in [0.1, 0.15) is 5.75 Å². The molecule has 40 heavy (non-hydrogen) atoms. The fourth-order valence-corrected chi connectivity index (χ4v) is 6.21. The number of aryl methyl sites for hydroxylation is 1. The zero-order valence-electron chi connectivity index (χ0n) is 24.4. The number of amides is 2. The van der Waals surface area contributed by atoms with Gasteiger partial charge in [0, 0.05) is 52.1 Å². The van der Waals surface area contributed by atoms with E-state index in [-0.39, 0.29) is 35.1 Å². The van der Waals surface area contributed by atoms with Gasteiger partial charge in [-0.05, 0) is 59.9 Å². The molecule has 2 saturated heterocycles. The molecule has 0 aromatic heterocycles. The number of piperazine rings is 1. The molecule has 218 valence electrons. The molecule has 0 N–H and O–H groups in total. The fraction of sp³-hybridized carbons (Fsp3) is 0.562. The number of hydrogen-bond acceptors (Lipinski definition) is 4. The van der Waals surface area contributed by atoms with E-state index in [1.807, 2.05) is 29.2 Å². The maximum atomic E-state index is 13.7. The maximum Gasteiger partial charge on any atom is 0.387 e. The highest BCUT2D eigenvalue weighted by atomic mass is 19.3. The van der Waals surface area contributed by atoms with E-state index in [0.717, 1.165) is 42.6 Å². The molecule has 0 saturated carbocycles. The molecular formula is C32H43F2N3O3. The molecular weight excluding hydrogens is 512 g/mol. The van der Waals surface area contributed by atoms with Crippen molar-refractivity contribution >= 4 is 11.8 Å². The molecule has 0 bridgehead atoms. The first-order valence-corrected chi connectivity index (χ1v) is 14.3. The number of piperidine rings is 1. The molecule has 2 atom stereocenters. The summed E-state index contributed by atoms with van der Waals surface area (Å²) in [5.74, 6) is 0.740. The lowest BCUT2D eigenvalue weighted by molar-refractivity contribution is -0.141. The molecule has 6 nitrogen and oxygen atoms in total. The summed E-state index contributed by atoms with van der Waals surface area (Å²) in [6.07, 6.45) is 2.25. The smallest absolute Gasteiger partial charge is 0.387 e. The van der Waals surface area contributed by atoms with Crippen molar-refractivity contribution in [1.82, 2.24) is 14.7 Å². The van der Waals surface area contributed by atoms with Crippen molar-refractivity contribution in [2.45, 2.75) is 72.6 Å². The van der Waals surface area contributed by atoms with Gasteiger partial charge in [-0.25, -0.2) is 0 Å². The Balaban J connectivity index is 1.55. The summed E-state index contributed by atoms with van der Waals surface area (Å²) >= 11 is 0. The maximum absolute atomic E-state index is 13.7.